The monoisotopic (exact) mass is 317 g/mol. The zero-order valence-electron chi connectivity index (χ0n) is 9.78. The Labute approximate surface area is 118 Å². The number of halogens is 2. The number of carbonyl (C=O) groups excluding carboxylic acids is 1. The van der Waals surface area contributed by atoms with E-state index in [1.54, 1.807) is 12.1 Å². The Bertz CT molecular complexity index is 692. The molecule has 1 amide bonds. The van der Waals surface area contributed by atoms with Gasteiger partial charge in [-0.1, -0.05) is 28.1 Å². The average molecular weight is 318 g/mol. The first-order chi connectivity index (χ1) is 9.13. The van der Waals surface area contributed by atoms with Gasteiger partial charge < -0.3 is 5.32 Å². The van der Waals surface area contributed by atoms with Crippen molar-refractivity contribution in [2.24, 2.45) is 0 Å². The third kappa shape index (κ3) is 2.31. The quantitative estimate of drug-likeness (QED) is 0.789. The molecule has 0 saturated carbocycles. The van der Waals surface area contributed by atoms with Gasteiger partial charge >= 0.3 is 0 Å². The summed E-state index contributed by atoms with van der Waals surface area (Å²) < 4.78 is 14.3. The Hall–Kier alpha value is -1.94. The molecular weight excluding hydrogens is 309 g/mol. The van der Waals surface area contributed by atoms with E-state index >= 15 is 0 Å². The number of rotatable bonds is 1. The number of benzene rings is 2. The summed E-state index contributed by atoms with van der Waals surface area (Å²) in [5, 5.41) is 2.72. The Morgan fingerprint density at radius 3 is 2.58 bits per heavy atom. The van der Waals surface area contributed by atoms with Crippen LogP contribution < -0.4 is 5.32 Å². The molecule has 0 atom stereocenters. The molecule has 19 heavy (non-hydrogen) atoms. The second kappa shape index (κ2) is 4.63. The highest BCUT2D eigenvalue weighted by Crippen LogP contribution is 2.33. The molecule has 0 bridgehead atoms. The van der Waals surface area contributed by atoms with Crippen molar-refractivity contribution in [3.63, 3.8) is 0 Å². The van der Waals surface area contributed by atoms with Gasteiger partial charge in [-0.25, -0.2) is 4.39 Å². The van der Waals surface area contributed by atoms with Gasteiger partial charge in [-0.05, 0) is 42.0 Å². The summed E-state index contributed by atoms with van der Waals surface area (Å²) >= 11 is 3.36. The first kappa shape index (κ1) is 12.1. The molecule has 0 unspecified atom stereocenters. The van der Waals surface area contributed by atoms with Crippen LogP contribution in [0.2, 0.25) is 0 Å². The summed E-state index contributed by atoms with van der Waals surface area (Å²) in [4.78, 5) is 11.9. The Morgan fingerprint density at radius 2 is 1.84 bits per heavy atom. The van der Waals surface area contributed by atoms with Crippen molar-refractivity contribution in [3.8, 4) is 0 Å². The topological polar surface area (TPSA) is 29.1 Å². The van der Waals surface area contributed by atoms with E-state index in [0.29, 0.717) is 16.8 Å². The second-order valence-electron chi connectivity index (χ2n) is 4.25. The lowest BCUT2D eigenvalue weighted by atomic mass is 10.0. The minimum absolute atomic E-state index is 0.205. The van der Waals surface area contributed by atoms with Crippen LogP contribution in [-0.4, -0.2) is 5.91 Å². The fraction of sp³-hybridized carbons (Fsp3) is 0. The summed E-state index contributed by atoms with van der Waals surface area (Å²) in [6.45, 7) is 0. The van der Waals surface area contributed by atoms with Gasteiger partial charge in [0.05, 0.1) is 0 Å². The van der Waals surface area contributed by atoms with Gasteiger partial charge in [0.15, 0.2) is 0 Å². The highest BCUT2D eigenvalue weighted by Gasteiger charge is 2.24. The molecule has 0 radical (unpaired) electrons. The van der Waals surface area contributed by atoms with E-state index in [0.717, 1.165) is 10.0 Å². The Kier molecular flexibility index (Phi) is 2.95. The van der Waals surface area contributed by atoms with Crippen molar-refractivity contribution in [1.29, 1.82) is 0 Å². The maximum Gasteiger partial charge on any atom is 0.256 e. The predicted octanol–water partition coefficient (Wildman–Crippen LogP) is 4.08. The third-order valence-corrected chi connectivity index (χ3v) is 3.47. The van der Waals surface area contributed by atoms with Crippen molar-refractivity contribution >= 4 is 39.2 Å². The summed E-state index contributed by atoms with van der Waals surface area (Å²) in [6, 6.07) is 11.9. The van der Waals surface area contributed by atoms with E-state index in [1.165, 1.54) is 12.1 Å². The molecule has 2 aromatic carbocycles. The number of anilines is 1. The second-order valence-corrected chi connectivity index (χ2v) is 5.17. The SMILES string of the molecule is O=C1Nc2ccc(F)cc2/C1=C/c1ccc(Br)cc1. The lowest BCUT2D eigenvalue weighted by Crippen LogP contribution is -2.03. The lowest BCUT2D eigenvalue weighted by Gasteiger charge is -1.99. The van der Waals surface area contributed by atoms with Gasteiger partial charge in [-0.3, -0.25) is 4.79 Å². The molecule has 1 N–H and O–H groups in total. The molecule has 0 aliphatic carbocycles. The molecule has 0 saturated heterocycles. The Balaban J connectivity index is 2.08. The van der Waals surface area contributed by atoms with Crippen LogP contribution in [0.15, 0.2) is 46.9 Å². The average Bonchev–Trinajstić information content (AvgIpc) is 2.69. The van der Waals surface area contributed by atoms with Crippen molar-refractivity contribution in [2.75, 3.05) is 5.32 Å². The normalized spacial score (nSPS) is 15.5. The standard InChI is InChI=1S/C15H9BrFNO/c16-10-3-1-9(2-4-10)7-13-12-8-11(17)5-6-14(12)18-15(13)19/h1-8H,(H,18,19)/b13-7-. The molecule has 94 valence electrons. The number of fused-ring (bicyclic) bond motifs is 1. The van der Waals surface area contributed by atoms with Crippen LogP contribution in [0.4, 0.5) is 10.1 Å². The minimum Gasteiger partial charge on any atom is -0.321 e. The summed E-state index contributed by atoms with van der Waals surface area (Å²) in [6.07, 6.45) is 1.76. The van der Waals surface area contributed by atoms with Crippen molar-refractivity contribution < 1.29 is 9.18 Å². The zero-order chi connectivity index (χ0) is 13.4. The maximum atomic E-state index is 13.3. The molecule has 2 aromatic rings. The number of hydrogen-bond acceptors (Lipinski definition) is 1. The van der Waals surface area contributed by atoms with Crippen molar-refractivity contribution in [3.05, 3.63) is 63.9 Å². The molecule has 3 rings (SSSR count). The molecular formula is C15H9BrFNO. The van der Waals surface area contributed by atoms with Crippen LogP contribution in [0.1, 0.15) is 11.1 Å². The van der Waals surface area contributed by atoms with Gasteiger partial charge in [0.2, 0.25) is 0 Å². The summed E-state index contributed by atoms with van der Waals surface area (Å²) in [7, 11) is 0. The number of hydrogen-bond donors (Lipinski definition) is 1. The van der Waals surface area contributed by atoms with Gasteiger partial charge in [-0.2, -0.15) is 0 Å². The molecule has 1 aliphatic rings. The van der Waals surface area contributed by atoms with Crippen molar-refractivity contribution in [2.45, 2.75) is 0 Å². The molecule has 4 heteroatoms. The molecule has 0 fully saturated rings. The van der Waals surface area contributed by atoms with Gasteiger partial charge in [0.25, 0.3) is 5.91 Å². The predicted molar refractivity (Wildman–Crippen MR) is 77.0 cm³/mol. The van der Waals surface area contributed by atoms with Gasteiger partial charge in [0, 0.05) is 21.3 Å². The molecule has 1 aliphatic heterocycles. The first-order valence-corrected chi connectivity index (χ1v) is 6.51. The van der Waals surface area contributed by atoms with Gasteiger partial charge in [0.1, 0.15) is 5.82 Å². The van der Waals surface area contributed by atoms with E-state index in [-0.39, 0.29) is 11.7 Å². The lowest BCUT2D eigenvalue weighted by molar-refractivity contribution is -0.110. The van der Waals surface area contributed by atoms with E-state index in [2.05, 4.69) is 21.2 Å². The van der Waals surface area contributed by atoms with Gasteiger partial charge in [-0.15, -0.1) is 0 Å². The number of amides is 1. The minimum atomic E-state index is -0.350. The smallest absolute Gasteiger partial charge is 0.256 e. The Morgan fingerprint density at radius 1 is 1.11 bits per heavy atom. The van der Waals surface area contributed by atoms with Crippen LogP contribution in [0.25, 0.3) is 11.6 Å². The zero-order valence-corrected chi connectivity index (χ0v) is 11.4. The van der Waals surface area contributed by atoms with E-state index < -0.39 is 0 Å². The summed E-state index contributed by atoms with van der Waals surface area (Å²) in [5.74, 6) is -0.555. The molecule has 2 nitrogen and oxygen atoms in total. The van der Waals surface area contributed by atoms with Crippen LogP contribution in [-0.2, 0) is 4.79 Å². The van der Waals surface area contributed by atoms with E-state index in [9.17, 15) is 9.18 Å². The largest absolute Gasteiger partial charge is 0.321 e. The fourth-order valence-corrected chi connectivity index (χ4v) is 2.29. The number of carbonyl (C=O) groups is 1. The van der Waals surface area contributed by atoms with Crippen LogP contribution >= 0.6 is 15.9 Å². The first-order valence-electron chi connectivity index (χ1n) is 5.72. The fourth-order valence-electron chi connectivity index (χ4n) is 2.03. The van der Waals surface area contributed by atoms with Crippen LogP contribution in [0.3, 0.4) is 0 Å². The van der Waals surface area contributed by atoms with Crippen LogP contribution in [0, 0.1) is 5.82 Å². The third-order valence-electron chi connectivity index (χ3n) is 2.95. The molecule has 0 spiro atoms. The van der Waals surface area contributed by atoms with E-state index in [4.69, 9.17) is 0 Å². The molecule has 0 aromatic heterocycles. The van der Waals surface area contributed by atoms with Crippen LogP contribution in [0.5, 0.6) is 0 Å². The molecule has 1 heterocycles. The van der Waals surface area contributed by atoms with E-state index in [1.807, 2.05) is 24.3 Å². The van der Waals surface area contributed by atoms with Crippen molar-refractivity contribution in [1.82, 2.24) is 0 Å². The highest BCUT2D eigenvalue weighted by molar-refractivity contribution is 9.10. The number of nitrogens with one attached hydrogen (secondary N) is 1. The summed E-state index contributed by atoms with van der Waals surface area (Å²) in [5.41, 5.74) is 2.63. The highest BCUT2D eigenvalue weighted by atomic mass is 79.9. The maximum absolute atomic E-state index is 13.3.